The summed E-state index contributed by atoms with van der Waals surface area (Å²) in [4.78, 5) is 6.71. The van der Waals surface area contributed by atoms with E-state index in [9.17, 15) is 0 Å². The van der Waals surface area contributed by atoms with Crippen molar-refractivity contribution in [2.45, 2.75) is 31.2 Å². The molecule has 0 spiro atoms. The van der Waals surface area contributed by atoms with Crippen molar-refractivity contribution in [3.05, 3.63) is 0 Å². The van der Waals surface area contributed by atoms with Crippen LogP contribution in [0.25, 0.3) is 0 Å². The topological polar surface area (TPSA) is 39.7 Å². The van der Waals surface area contributed by atoms with Crippen LogP contribution in [0.5, 0.6) is 0 Å². The van der Waals surface area contributed by atoms with Crippen molar-refractivity contribution in [1.29, 1.82) is 0 Å². The maximum Gasteiger partial charge on any atom is 0.191 e. The molecule has 0 radical (unpaired) electrons. The lowest BCUT2D eigenvalue weighted by Gasteiger charge is -2.36. The molecule has 0 aromatic heterocycles. The zero-order valence-electron chi connectivity index (χ0n) is 12.9. The number of thioether (sulfide) groups is 1. The van der Waals surface area contributed by atoms with Gasteiger partial charge in [0.1, 0.15) is 0 Å². The van der Waals surface area contributed by atoms with E-state index in [1.807, 2.05) is 7.05 Å². The lowest BCUT2D eigenvalue weighted by Crippen LogP contribution is -2.55. The fourth-order valence-electron chi connectivity index (χ4n) is 2.65. The molecule has 20 heavy (non-hydrogen) atoms. The van der Waals surface area contributed by atoms with E-state index < -0.39 is 0 Å². The summed E-state index contributed by atoms with van der Waals surface area (Å²) in [6.45, 7) is 2.06. The van der Waals surface area contributed by atoms with Crippen molar-refractivity contribution >= 4 is 41.7 Å². The largest absolute Gasteiger partial charge is 0.356 e. The minimum Gasteiger partial charge on any atom is -0.356 e. The molecule has 2 fully saturated rings. The Morgan fingerprint density at radius 3 is 2.55 bits per heavy atom. The van der Waals surface area contributed by atoms with Crippen LogP contribution in [-0.4, -0.2) is 62.1 Å². The number of hydrogen-bond donors (Lipinski definition) is 2. The van der Waals surface area contributed by atoms with Crippen molar-refractivity contribution in [2.75, 3.05) is 45.7 Å². The zero-order chi connectivity index (χ0) is 13.7. The van der Waals surface area contributed by atoms with E-state index in [1.165, 1.54) is 37.2 Å². The van der Waals surface area contributed by atoms with Crippen LogP contribution in [0.15, 0.2) is 4.99 Å². The predicted octanol–water partition coefficient (Wildman–Crippen LogP) is 2.01. The highest BCUT2D eigenvalue weighted by Crippen LogP contribution is 2.31. The highest BCUT2D eigenvalue weighted by atomic mass is 127. The van der Waals surface area contributed by atoms with E-state index in [4.69, 9.17) is 0 Å². The molecule has 0 aromatic carbocycles. The minimum absolute atomic E-state index is 0. The summed E-state index contributed by atoms with van der Waals surface area (Å²) in [5.74, 6) is 4.31. The van der Waals surface area contributed by atoms with Gasteiger partial charge in [-0.1, -0.05) is 6.42 Å². The van der Waals surface area contributed by atoms with Crippen molar-refractivity contribution < 1.29 is 0 Å². The number of halogens is 1. The number of likely N-dealkylation sites (N-methyl/N-ethyl adjacent to an activating group) is 1. The van der Waals surface area contributed by atoms with Gasteiger partial charge in [-0.2, -0.15) is 11.8 Å². The number of guanidine groups is 1. The van der Waals surface area contributed by atoms with E-state index in [0.29, 0.717) is 5.54 Å². The van der Waals surface area contributed by atoms with Gasteiger partial charge in [-0.15, -0.1) is 24.0 Å². The van der Waals surface area contributed by atoms with Crippen molar-refractivity contribution in [1.82, 2.24) is 15.5 Å². The lowest BCUT2D eigenvalue weighted by atomic mass is 9.85. The average Bonchev–Trinajstić information content (AvgIpc) is 2.81. The molecule has 1 aliphatic heterocycles. The van der Waals surface area contributed by atoms with Crippen LogP contribution in [0.1, 0.15) is 25.7 Å². The van der Waals surface area contributed by atoms with Gasteiger partial charge >= 0.3 is 0 Å². The monoisotopic (exact) mass is 412 g/mol. The van der Waals surface area contributed by atoms with Gasteiger partial charge in [0.25, 0.3) is 0 Å². The number of aliphatic imine (C=N–C) groups is 1. The van der Waals surface area contributed by atoms with Gasteiger partial charge < -0.3 is 15.5 Å². The minimum atomic E-state index is 0. The van der Waals surface area contributed by atoms with Gasteiger partial charge in [-0.3, -0.25) is 4.99 Å². The first-order chi connectivity index (χ1) is 9.16. The van der Waals surface area contributed by atoms with Crippen LogP contribution in [0.2, 0.25) is 0 Å². The van der Waals surface area contributed by atoms with E-state index >= 15 is 0 Å². The summed E-state index contributed by atoms with van der Waals surface area (Å²) in [5, 5.41) is 6.99. The number of hydrogen-bond acceptors (Lipinski definition) is 3. The molecular weight excluding hydrogens is 383 g/mol. The van der Waals surface area contributed by atoms with Crippen LogP contribution in [0.4, 0.5) is 0 Å². The molecule has 1 saturated carbocycles. The molecule has 0 bridgehead atoms. The normalized spacial score (nSPS) is 27.1. The maximum absolute atomic E-state index is 4.34. The molecule has 118 valence electrons. The molecule has 1 aliphatic carbocycles. The second-order valence-corrected chi connectivity index (χ2v) is 7.13. The van der Waals surface area contributed by atoms with Crippen molar-refractivity contribution in [3.63, 3.8) is 0 Å². The predicted molar refractivity (Wildman–Crippen MR) is 100 cm³/mol. The van der Waals surface area contributed by atoms with E-state index in [-0.39, 0.29) is 24.0 Å². The molecule has 0 aromatic rings. The van der Waals surface area contributed by atoms with E-state index in [2.05, 4.69) is 46.4 Å². The van der Waals surface area contributed by atoms with Gasteiger partial charge in [0, 0.05) is 31.4 Å². The van der Waals surface area contributed by atoms with Crippen LogP contribution in [-0.2, 0) is 0 Å². The van der Waals surface area contributed by atoms with Gasteiger partial charge in [-0.05, 0) is 45.0 Å². The highest BCUT2D eigenvalue weighted by molar-refractivity contribution is 14.0. The van der Waals surface area contributed by atoms with Crippen LogP contribution >= 0.6 is 35.7 Å². The average molecular weight is 412 g/mol. The molecule has 6 heteroatoms. The third-order valence-electron chi connectivity index (χ3n) is 4.62. The fraction of sp³-hybridized carbons (Fsp3) is 0.929. The summed E-state index contributed by atoms with van der Waals surface area (Å²) < 4.78 is 0. The molecule has 2 aliphatic rings. The van der Waals surface area contributed by atoms with Gasteiger partial charge in [0.2, 0.25) is 0 Å². The first-order valence-electron chi connectivity index (χ1n) is 7.36. The Kier molecular flexibility index (Phi) is 7.97. The van der Waals surface area contributed by atoms with Crippen LogP contribution in [0, 0.1) is 5.92 Å². The summed E-state index contributed by atoms with van der Waals surface area (Å²) >= 11 is 2.06. The molecule has 1 saturated heterocycles. The van der Waals surface area contributed by atoms with Gasteiger partial charge in [0.15, 0.2) is 5.96 Å². The van der Waals surface area contributed by atoms with Gasteiger partial charge in [0.05, 0.1) is 0 Å². The number of rotatable bonds is 5. The molecule has 4 nitrogen and oxygen atoms in total. The standard InChI is InChI=1S/C14H28N4S.HI/c1-15-13(16-9-12-5-4-6-12)17-10-14(18(2)3)7-8-19-11-14;/h12H,4-11H2,1-3H3,(H2,15,16,17);1H. The first kappa shape index (κ1) is 18.4. The molecule has 1 atom stereocenters. The van der Waals surface area contributed by atoms with E-state index in [0.717, 1.165) is 25.0 Å². The first-order valence-corrected chi connectivity index (χ1v) is 8.51. The van der Waals surface area contributed by atoms with Crippen molar-refractivity contribution in [3.8, 4) is 0 Å². The molecule has 1 heterocycles. The zero-order valence-corrected chi connectivity index (χ0v) is 16.1. The number of nitrogens with one attached hydrogen (secondary N) is 2. The summed E-state index contributed by atoms with van der Waals surface area (Å²) in [7, 11) is 6.25. The molecule has 2 N–H and O–H groups in total. The Labute approximate surface area is 144 Å². The molecule has 0 amide bonds. The Balaban J connectivity index is 0.00000200. The fourth-order valence-corrected chi connectivity index (χ4v) is 4.21. The third-order valence-corrected chi connectivity index (χ3v) is 5.86. The Hall–Kier alpha value is 0.310. The van der Waals surface area contributed by atoms with Gasteiger partial charge in [-0.25, -0.2) is 0 Å². The second-order valence-electron chi connectivity index (χ2n) is 6.02. The Morgan fingerprint density at radius 2 is 2.10 bits per heavy atom. The summed E-state index contributed by atoms with van der Waals surface area (Å²) in [6, 6.07) is 0. The second kappa shape index (κ2) is 8.68. The highest BCUT2D eigenvalue weighted by Gasteiger charge is 2.36. The molecule has 1 unspecified atom stereocenters. The van der Waals surface area contributed by atoms with Crippen LogP contribution < -0.4 is 10.6 Å². The number of nitrogens with zero attached hydrogens (tertiary/aromatic N) is 2. The van der Waals surface area contributed by atoms with Crippen molar-refractivity contribution in [2.24, 2.45) is 10.9 Å². The summed E-state index contributed by atoms with van der Waals surface area (Å²) in [6.07, 6.45) is 5.42. The van der Waals surface area contributed by atoms with Crippen LogP contribution in [0.3, 0.4) is 0 Å². The SMILES string of the molecule is CN=C(NCC1CCC1)NCC1(N(C)C)CCSC1.I. The molecular formula is C14H29IN4S. The summed E-state index contributed by atoms with van der Waals surface area (Å²) in [5.41, 5.74) is 0.290. The third kappa shape index (κ3) is 4.66. The maximum atomic E-state index is 4.34. The lowest BCUT2D eigenvalue weighted by molar-refractivity contribution is 0.182. The van der Waals surface area contributed by atoms with E-state index in [1.54, 1.807) is 0 Å². The quantitative estimate of drug-likeness (QED) is 0.412. The smallest absolute Gasteiger partial charge is 0.191 e. The Morgan fingerprint density at radius 1 is 1.35 bits per heavy atom. The Bertz CT molecular complexity index is 312. The molecule has 2 rings (SSSR count).